The van der Waals surface area contributed by atoms with E-state index in [-0.39, 0.29) is 35.5 Å². The van der Waals surface area contributed by atoms with Crippen molar-refractivity contribution in [3.05, 3.63) is 0 Å². The van der Waals surface area contributed by atoms with Gasteiger partial charge in [-0.15, -0.1) is 0 Å². The monoisotopic (exact) mass is 95.0 g/mol. The quantitative estimate of drug-likeness (QED) is 0.301. The molecule has 6 heavy (non-hydrogen) atoms. The SMILES string of the molecule is O=C1CCO1.[Na]. The number of carbonyl (C=O) groups excluding carboxylic acids is 1. The third-order valence-electron chi connectivity index (χ3n) is 0.569. The zero-order valence-corrected chi connectivity index (χ0v) is 5.73. The van der Waals surface area contributed by atoms with Gasteiger partial charge in [0.1, 0.15) is 6.61 Å². The topological polar surface area (TPSA) is 26.3 Å². The van der Waals surface area contributed by atoms with Crippen LogP contribution < -0.4 is 0 Å². The smallest absolute Gasteiger partial charge is 0.309 e. The molecule has 0 unspecified atom stereocenters. The minimum absolute atomic E-state index is 0. The largest absolute Gasteiger partial charge is 0.465 e. The zero-order chi connectivity index (χ0) is 3.70. The maximum atomic E-state index is 9.68. The van der Waals surface area contributed by atoms with Gasteiger partial charge in [0.2, 0.25) is 0 Å². The average molecular weight is 95.1 g/mol. The van der Waals surface area contributed by atoms with Crippen LogP contribution in [-0.2, 0) is 9.53 Å². The molecule has 1 aliphatic heterocycles. The molecule has 0 saturated carbocycles. The van der Waals surface area contributed by atoms with Crippen molar-refractivity contribution >= 4 is 35.5 Å². The maximum Gasteiger partial charge on any atom is 0.309 e. The van der Waals surface area contributed by atoms with Gasteiger partial charge in [0.05, 0.1) is 6.42 Å². The summed E-state index contributed by atoms with van der Waals surface area (Å²) in [6.45, 7) is 0.638. The Morgan fingerprint density at radius 1 is 1.67 bits per heavy atom. The molecular formula is C3H4NaO2. The van der Waals surface area contributed by atoms with E-state index in [9.17, 15) is 4.79 Å². The number of hydrogen-bond acceptors (Lipinski definition) is 2. The van der Waals surface area contributed by atoms with Gasteiger partial charge in [0, 0.05) is 29.6 Å². The molecule has 0 aromatic heterocycles. The Morgan fingerprint density at radius 2 is 2.00 bits per heavy atom. The Morgan fingerprint density at radius 3 is 2.00 bits per heavy atom. The Labute approximate surface area is 58.2 Å². The second-order valence-electron chi connectivity index (χ2n) is 0.970. The Hall–Kier alpha value is 0.470. The summed E-state index contributed by atoms with van der Waals surface area (Å²) >= 11 is 0. The maximum absolute atomic E-state index is 9.68. The number of cyclic esters (lactones) is 1. The molecule has 29 valence electrons. The van der Waals surface area contributed by atoms with Crippen molar-refractivity contribution in [3.63, 3.8) is 0 Å². The summed E-state index contributed by atoms with van der Waals surface area (Å²) in [7, 11) is 0. The van der Waals surface area contributed by atoms with Crippen LogP contribution in [0.1, 0.15) is 6.42 Å². The van der Waals surface area contributed by atoms with Gasteiger partial charge in [-0.3, -0.25) is 4.79 Å². The predicted molar refractivity (Wildman–Crippen MR) is 21.3 cm³/mol. The molecule has 1 saturated heterocycles. The summed E-state index contributed by atoms with van der Waals surface area (Å²) in [6.07, 6.45) is 0.625. The van der Waals surface area contributed by atoms with E-state index in [4.69, 9.17) is 0 Å². The molecule has 0 atom stereocenters. The Kier molecular flexibility index (Phi) is 2.82. The molecule has 1 rings (SSSR count). The molecule has 0 N–H and O–H groups in total. The third-order valence-corrected chi connectivity index (χ3v) is 0.569. The summed E-state index contributed by atoms with van der Waals surface area (Å²) in [6, 6.07) is 0. The number of ether oxygens (including phenoxy) is 1. The van der Waals surface area contributed by atoms with Crippen LogP contribution in [0.15, 0.2) is 0 Å². The second-order valence-corrected chi connectivity index (χ2v) is 0.970. The first-order valence-electron chi connectivity index (χ1n) is 1.55. The normalized spacial score (nSPS) is 17.0. The van der Waals surface area contributed by atoms with Crippen LogP contribution in [0.3, 0.4) is 0 Å². The second kappa shape index (κ2) is 2.61. The van der Waals surface area contributed by atoms with Crippen molar-refractivity contribution in [1.82, 2.24) is 0 Å². The van der Waals surface area contributed by atoms with Crippen LogP contribution in [0.5, 0.6) is 0 Å². The van der Waals surface area contributed by atoms with Crippen molar-refractivity contribution < 1.29 is 9.53 Å². The first-order chi connectivity index (χ1) is 2.39. The number of rotatable bonds is 0. The Balaban J connectivity index is 0.000000250. The van der Waals surface area contributed by atoms with Gasteiger partial charge in [-0.05, 0) is 0 Å². The van der Waals surface area contributed by atoms with Crippen LogP contribution in [0, 0.1) is 0 Å². The number of esters is 1. The van der Waals surface area contributed by atoms with E-state index in [1.165, 1.54) is 0 Å². The molecule has 0 bridgehead atoms. The summed E-state index contributed by atoms with van der Waals surface area (Å²) in [5.74, 6) is -0.0648. The molecule has 1 heterocycles. The Bertz CT molecular complexity index is 55.8. The van der Waals surface area contributed by atoms with Crippen LogP contribution in [0.2, 0.25) is 0 Å². The van der Waals surface area contributed by atoms with E-state index in [0.717, 1.165) is 0 Å². The first kappa shape index (κ1) is 6.47. The van der Waals surface area contributed by atoms with E-state index in [1.807, 2.05) is 0 Å². The molecule has 1 fully saturated rings. The van der Waals surface area contributed by atoms with Crippen LogP contribution in [0.4, 0.5) is 0 Å². The van der Waals surface area contributed by atoms with E-state index in [0.29, 0.717) is 13.0 Å². The standard InChI is InChI=1S/C3H4O2.Na/c4-3-1-2-5-3;/h1-2H2;. The fraction of sp³-hybridized carbons (Fsp3) is 0.667. The van der Waals surface area contributed by atoms with Gasteiger partial charge in [-0.2, -0.15) is 0 Å². The summed E-state index contributed by atoms with van der Waals surface area (Å²) < 4.78 is 4.29. The molecule has 2 nitrogen and oxygen atoms in total. The molecule has 1 radical (unpaired) electrons. The zero-order valence-electron chi connectivity index (χ0n) is 3.73. The van der Waals surface area contributed by atoms with Crippen molar-refractivity contribution in [1.29, 1.82) is 0 Å². The van der Waals surface area contributed by atoms with Gasteiger partial charge in [-0.1, -0.05) is 0 Å². The summed E-state index contributed by atoms with van der Waals surface area (Å²) in [5.41, 5.74) is 0. The van der Waals surface area contributed by atoms with Crippen molar-refractivity contribution in [2.75, 3.05) is 6.61 Å². The van der Waals surface area contributed by atoms with Crippen LogP contribution in [-0.4, -0.2) is 42.1 Å². The fourth-order valence-electron chi connectivity index (χ4n) is 0.185. The van der Waals surface area contributed by atoms with Gasteiger partial charge in [0.15, 0.2) is 0 Å². The molecule has 0 amide bonds. The molecular weight excluding hydrogens is 91.0 g/mol. The van der Waals surface area contributed by atoms with E-state index in [1.54, 1.807) is 0 Å². The first-order valence-corrected chi connectivity index (χ1v) is 1.55. The van der Waals surface area contributed by atoms with Gasteiger partial charge >= 0.3 is 5.97 Å². The average Bonchev–Trinajstić information content (AvgIpc) is 1.30. The van der Waals surface area contributed by atoms with Crippen molar-refractivity contribution in [3.8, 4) is 0 Å². The van der Waals surface area contributed by atoms with Gasteiger partial charge < -0.3 is 4.74 Å². The van der Waals surface area contributed by atoms with Gasteiger partial charge in [0.25, 0.3) is 0 Å². The van der Waals surface area contributed by atoms with E-state index < -0.39 is 0 Å². The molecule has 1 aliphatic rings. The van der Waals surface area contributed by atoms with Gasteiger partial charge in [-0.25, -0.2) is 0 Å². The number of carbonyl (C=O) groups is 1. The molecule has 0 aromatic carbocycles. The number of hydrogen-bond donors (Lipinski definition) is 0. The molecule has 0 aromatic rings. The van der Waals surface area contributed by atoms with Crippen molar-refractivity contribution in [2.24, 2.45) is 0 Å². The van der Waals surface area contributed by atoms with Crippen molar-refractivity contribution in [2.45, 2.75) is 6.42 Å². The minimum Gasteiger partial charge on any atom is -0.465 e. The predicted octanol–water partition coefficient (Wildman–Crippen LogP) is -0.448. The third kappa shape index (κ3) is 1.29. The van der Waals surface area contributed by atoms with Crippen LogP contribution in [0.25, 0.3) is 0 Å². The summed E-state index contributed by atoms with van der Waals surface area (Å²) in [4.78, 5) is 9.68. The van der Waals surface area contributed by atoms with E-state index in [2.05, 4.69) is 4.74 Å². The van der Waals surface area contributed by atoms with E-state index >= 15 is 0 Å². The molecule has 0 spiro atoms. The molecule has 0 aliphatic carbocycles. The fourth-order valence-corrected chi connectivity index (χ4v) is 0.185. The van der Waals surface area contributed by atoms with Crippen LogP contribution >= 0.6 is 0 Å². The summed E-state index contributed by atoms with van der Waals surface area (Å²) in [5, 5.41) is 0. The minimum atomic E-state index is -0.0648. The molecule has 3 heteroatoms.